The maximum atomic E-state index is 10.8. The number of benzene rings is 1. The highest BCUT2D eigenvalue weighted by Crippen LogP contribution is 2.36. The van der Waals surface area contributed by atoms with E-state index >= 15 is 0 Å². The normalized spacial score (nSPS) is 20.6. The van der Waals surface area contributed by atoms with Crippen molar-refractivity contribution in [2.75, 3.05) is 11.9 Å². The second kappa shape index (κ2) is 4.49. The Morgan fingerprint density at radius 3 is 3.10 bits per heavy atom. The lowest BCUT2D eigenvalue weighted by Gasteiger charge is -2.24. The van der Waals surface area contributed by atoms with Gasteiger partial charge in [-0.05, 0) is 46.5 Å². The average Bonchev–Trinajstić information content (AvgIpc) is 3.11. The number of hydrogen-bond donors (Lipinski definition) is 2. The first-order valence-electron chi connectivity index (χ1n) is 6.85. The molecule has 7 heteroatoms. The molecule has 1 aliphatic rings. The molecule has 0 spiro atoms. The van der Waals surface area contributed by atoms with E-state index in [9.17, 15) is 5.11 Å². The number of fused-ring (bicyclic) bond motifs is 2. The minimum atomic E-state index is -0.853. The fourth-order valence-electron chi connectivity index (χ4n) is 2.83. The van der Waals surface area contributed by atoms with E-state index in [0.29, 0.717) is 24.4 Å². The van der Waals surface area contributed by atoms with Crippen LogP contribution >= 0.6 is 0 Å². The molecule has 2 heterocycles. The Labute approximate surface area is 120 Å². The van der Waals surface area contributed by atoms with Gasteiger partial charge in [-0.3, -0.25) is 0 Å². The highest BCUT2D eigenvalue weighted by Gasteiger charge is 2.36. The van der Waals surface area contributed by atoms with Gasteiger partial charge in [0.25, 0.3) is 0 Å². The van der Waals surface area contributed by atoms with Crippen LogP contribution in [0.15, 0.2) is 36.4 Å². The third-order valence-electron chi connectivity index (χ3n) is 3.96. The highest BCUT2D eigenvalue weighted by atomic mass is 16.3. The highest BCUT2D eigenvalue weighted by molar-refractivity contribution is 5.44. The van der Waals surface area contributed by atoms with Crippen molar-refractivity contribution in [1.82, 2.24) is 25.3 Å². The molecule has 1 aromatic carbocycles. The summed E-state index contributed by atoms with van der Waals surface area (Å²) in [6.45, 7) is 0.407. The van der Waals surface area contributed by atoms with Crippen LogP contribution in [0.3, 0.4) is 0 Å². The molecule has 21 heavy (non-hydrogen) atoms. The van der Waals surface area contributed by atoms with E-state index in [1.165, 1.54) is 10.2 Å². The minimum absolute atomic E-state index is 0.407. The molecule has 0 amide bonds. The minimum Gasteiger partial charge on any atom is -0.383 e. The van der Waals surface area contributed by atoms with Gasteiger partial charge < -0.3 is 10.4 Å². The topological polar surface area (TPSA) is 88.2 Å². The number of aryl methyl sites for hydroxylation is 1. The average molecular weight is 282 g/mol. The molecule has 0 fully saturated rings. The number of rotatable bonds is 3. The van der Waals surface area contributed by atoms with E-state index in [-0.39, 0.29) is 0 Å². The molecule has 0 bridgehead atoms. The Balaban J connectivity index is 1.56. The lowest BCUT2D eigenvalue weighted by molar-refractivity contribution is 0.0525. The Bertz CT molecular complexity index is 801. The summed E-state index contributed by atoms with van der Waals surface area (Å²) >= 11 is 0. The number of aromatic nitrogens is 5. The molecule has 7 nitrogen and oxygen atoms in total. The number of nitrogens with zero attached hydrogens (tertiary/aromatic N) is 5. The van der Waals surface area contributed by atoms with E-state index in [2.05, 4.69) is 32.0 Å². The molecular weight excluding hydrogens is 268 g/mol. The molecule has 4 rings (SSSR count). The summed E-state index contributed by atoms with van der Waals surface area (Å²) in [4.78, 5) is 0. The van der Waals surface area contributed by atoms with E-state index in [0.717, 1.165) is 12.0 Å². The predicted molar refractivity (Wildman–Crippen MR) is 75.7 cm³/mol. The molecule has 0 aliphatic heterocycles. The Hall–Kier alpha value is -2.54. The Morgan fingerprint density at radius 2 is 2.14 bits per heavy atom. The van der Waals surface area contributed by atoms with Gasteiger partial charge in [0.15, 0.2) is 5.65 Å². The van der Waals surface area contributed by atoms with Crippen molar-refractivity contribution in [3.8, 4) is 0 Å². The molecular formula is C14H14N6O. The number of anilines is 1. The second-order valence-corrected chi connectivity index (χ2v) is 5.29. The van der Waals surface area contributed by atoms with Gasteiger partial charge in [-0.1, -0.05) is 24.3 Å². The number of tetrazole rings is 1. The first-order valence-corrected chi connectivity index (χ1v) is 6.85. The summed E-state index contributed by atoms with van der Waals surface area (Å²) in [6.07, 6.45) is 1.61. The van der Waals surface area contributed by atoms with Gasteiger partial charge in [-0.25, -0.2) is 0 Å². The fraction of sp³-hybridized carbons (Fsp3) is 0.286. The molecule has 2 aromatic heterocycles. The van der Waals surface area contributed by atoms with E-state index in [4.69, 9.17) is 0 Å². The van der Waals surface area contributed by atoms with Crippen LogP contribution in [0, 0.1) is 0 Å². The van der Waals surface area contributed by atoms with E-state index in [1.807, 2.05) is 18.2 Å². The van der Waals surface area contributed by atoms with Crippen molar-refractivity contribution in [2.24, 2.45) is 0 Å². The summed E-state index contributed by atoms with van der Waals surface area (Å²) in [5, 5.41) is 29.4. The summed E-state index contributed by atoms with van der Waals surface area (Å²) in [7, 11) is 0. The van der Waals surface area contributed by atoms with Gasteiger partial charge in [-0.2, -0.15) is 0 Å². The van der Waals surface area contributed by atoms with Crippen molar-refractivity contribution in [3.05, 3.63) is 47.5 Å². The van der Waals surface area contributed by atoms with Crippen LogP contribution in [-0.4, -0.2) is 36.9 Å². The van der Waals surface area contributed by atoms with Crippen LogP contribution < -0.4 is 5.32 Å². The van der Waals surface area contributed by atoms with Crippen LogP contribution in [0.25, 0.3) is 5.65 Å². The second-order valence-electron chi connectivity index (χ2n) is 5.29. The zero-order valence-electron chi connectivity index (χ0n) is 11.3. The quantitative estimate of drug-likeness (QED) is 0.737. The summed E-state index contributed by atoms with van der Waals surface area (Å²) in [5.74, 6) is 0.632. The van der Waals surface area contributed by atoms with Gasteiger partial charge in [0.2, 0.25) is 0 Å². The van der Waals surface area contributed by atoms with Crippen molar-refractivity contribution in [3.63, 3.8) is 0 Å². The third kappa shape index (κ3) is 2.02. The van der Waals surface area contributed by atoms with Crippen molar-refractivity contribution in [2.45, 2.75) is 18.4 Å². The monoisotopic (exact) mass is 282 g/mol. The first kappa shape index (κ1) is 12.2. The lowest BCUT2D eigenvalue weighted by atomic mass is 9.96. The maximum Gasteiger partial charge on any atom is 0.200 e. The smallest absolute Gasteiger partial charge is 0.200 e. The van der Waals surface area contributed by atoms with Gasteiger partial charge in [-0.15, -0.1) is 14.8 Å². The van der Waals surface area contributed by atoms with Crippen LogP contribution in [0.4, 0.5) is 5.82 Å². The van der Waals surface area contributed by atoms with Gasteiger partial charge in [0.05, 0.1) is 0 Å². The molecule has 1 atom stereocenters. The molecule has 1 unspecified atom stereocenters. The summed E-state index contributed by atoms with van der Waals surface area (Å²) < 4.78 is 1.36. The zero-order chi connectivity index (χ0) is 14.3. The molecule has 3 aromatic rings. The molecule has 2 N–H and O–H groups in total. The summed E-state index contributed by atoms with van der Waals surface area (Å²) in [6, 6.07) is 11.6. The summed E-state index contributed by atoms with van der Waals surface area (Å²) in [5.41, 5.74) is 1.95. The molecule has 0 radical (unpaired) electrons. The predicted octanol–water partition coefficient (Wildman–Crippen LogP) is 0.765. The number of hydrogen-bond acceptors (Lipinski definition) is 6. The SMILES string of the molecule is OC1(CNc2ccc3nnnn3n2)CCc2ccccc21. The standard InChI is InChI=1S/C14H14N6O/c21-14(8-7-10-3-1-2-4-11(10)14)9-15-12-5-6-13-16-18-19-20(13)17-12/h1-6,21H,7-9H2,(H,15,17). The van der Waals surface area contributed by atoms with Gasteiger partial charge >= 0.3 is 0 Å². The molecule has 0 saturated heterocycles. The van der Waals surface area contributed by atoms with Crippen LogP contribution in [0.2, 0.25) is 0 Å². The molecule has 0 saturated carbocycles. The zero-order valence-corrected chi connectivity index (χ0v) is 11.3. The molecule has 1 aliphatic carbocycles. The number of nitrogens with one attached hydrogen (secondary N) is 1. The van der Waals surface area contributed by atoms with E-state index in [1.54, 1.807) is 12.1 Å². The Morgan fingerprint density at radius 1 is 1.24 bits per heavy atom. The first-order chi connectivity index (χ1) is 10.2. The third-order valence-corrected chi connectivity index (χ3v) is 3.96. The van der Waals surface area contributed by atoms with Crippen molar-refractivity contribution >= 4 is 11.5 Å². The van der Waals surface area contributed by atoms with Crippen LogP contribution in [0.5, 0.6) is 0 Å². The van der Waals surface area contributed by atoms with Crippen LogP contribution in [-0.2, 0) is 12.0 Å². The lowest BCUT2D eigenvalue weighted by Crippen LogP contribution is -2.32. The fourth-order valence-corrected chi connectivity index (χ4v) is 2.83. The number of aliphatic hydroxyl groups is 1. The Kier molecular flexibility index (Phi) is 2.61. The van der Waals surface area contributed by atoms with Crippen LogP contribution in [0.1, 0.15) is 17.5 Å². The van der Waals surface area contributed by atoms with Gasteiger partial charge in [0, 0.05) is 6.54 Å². The largest absolute Gasteiger partial charge is 0.383 e. The van der Waals surface area contributed by atoms with E-state index < -0.39 is 5.60 Å². The maximum absolute atomic E-state index is 10.8. The van der Waals surface area contributed by atoms with Crippen molar-refractivity contribution in [1.29, 1.82) is 0 Å². The van der Waals surface area contributed by atoms with Crippen molar-refractivity contribution < 1.29 is 5.11 Å². The molecule has 106 valence electrons. The van der Waals surface area contributed by atoms with Gasteiger partial charge in [0.1, 0.15) is 11.4 Å².